The minimum absolute atomic E-state index is 0.0605. The van der Waals surface area contributed by atoms with Crippen molar-refractivity contribution < 1.29 is 23.9 Å². The standard InChI is InChI=1S/C16H16FNO4/c17-7-6-11(8-15(20)21)18-16(22)13-3-1-2-10-4-5-12(19)9-14(10)13/h1-5,9,11,13H,6-8H2,(H,18,22)(H,20,21). The summed E-state index contributed by atoms with van der Waals surface area (Å²) in [4.78, 5) is 34.6. The van der Waals surface area contributed by atoms with Crippen molar-refractivity contribution in [2.24, 2.45) is 5.92 Å². The van der Waals surface area contributed by atoms with Gasteiger partial charge in [-0.1, -0.05) is 24.3 Å². The zero-order valence-electron chi connectivity index (χ0n) is 11.8. The molecule has 0 fully saturated rings. The van der Waals surface area contributed by atoms with E-state index in [4.69, 9.17) is 5.11 Å². The van der Waals surface area contributed by atoms with Crippen LogP contribution in [0.25, 0.3) is 0 Å². The third-order valence-corrected chi connectivity index (χ3v) is 3.48. The Morgan fingerprint density at radius 2 is 2.14 bits per heavy atom. The molecular weight excluding hydrogens is 289 g/mol. The van der Waals surface area contributed by atoms with E-state index in [2.05, 4.69) is 5.32 Å². The number of carboxylic acids is 1. The highest BCUT2D eigenvalue weighted by atomic mass is 19.1. The fourth-order valence-electron chi connectivity index (χ4n) is 2.44. The number of halogens is 1. The van der Waals surface area contributed by atoms with Gasteiger partial charge in [-0.15, -0.1) is 0 Å². The highest BCUT2D eigenvalue weighted by molar-refractivity contribution is 6.04. The molecule has 6 heteroatoms. The lowest BCUT2D eigenvalue weighted by Crippen LogP contribution is -2.41. The molecule has 0 aliphatic heterocycles. The summed E-state index contributed by atoms with van der Waals surface area (Å²) in [6.07, 6.45) is 9.16. The molecule has 0 heterocycles. The third-order valence-electron chi connectivity index (χ3n) is 3.48. The summed E-state index contributed by atoms with van der Waals surface area (Å²) in [5.74, 6) is -2.42. The van der Waals surface area contributed by atoms with Crippen molar-refractivity contribution in [1.82, 2.24) is 5.32 Å². The van der Waals surface area contributed by atoms with E-state index in [-0.39, 0.29) is 18.6 Å². The second-order valence-electron chi connectivity index (χ2n) is 5.10. The molecule has 5 nitrogen and oxygen atoms in total. The molecule has 2 unspecified atom stereocenters. The number of ketones is 1. The van der Waals surface area contributed by atoms with E-state index < -0.39 is 30.5 Å². The molecule has 2 atom stereocenters. The molecule has 0 aromatic carbocycles. The maximum absolute atomic E-state index is 12.5. The number of carbonyl (C=O) groups is 3. The number of rotatable bonds is 6. The quantitative estimate of drug-likeness (QED) is 0.778. The molecule has 2 N–H and O–H groups in total. The second-order valence-corrected chi connectivity index (χ2v) is 5.10. The van der Waals surface area contributed by atoms with Crippen LogP contribution in [-0.4, -0.2) is 35.5 Å². The van der Waals surface area contributed by atoms with E-state index >= 15 is 0 Å². The van der Waals surface area contributed by atoms with Gasteiger partial charge in [0.05, 0.1) is 19.0 Å². The SMILES string of the molecule is O=C1C=CC2=CC=CC(C(=O)NC(CCF)CC(=O)O)C2=C1. The van der Waals surface area contributed by atoms with Crippen LogP contribution in [0.1, 0.15) is 12.8 Å². The molecule has 0 saturated heterocycles. The van der Waals surface area contributed by atoms with Gasteiger partial charge < -0.3 is 10.4 Å². The summed E-state index contributed by atoms with van der Waals surface area (Å²) in [7, 11) is 0. The maximum atomic E-state index is 12.5. The van der Waals surface area contributed by atoms with Crippen molar-refractivity contribution in [2.75, 3.05) is 6.67 Å². The summed E-state index contributed by atoms with van der Waals surface area (Å²) >= 11 is 0. The van der Waals surface area contributed by atoms with Crippen LogP contribution in [0.15, 0.2) is 47.6 Å². The summed E-state index contributed by atoms with van der Waals surface area (Å²) < 4.78 is 12.5. The topological polar surface area (TPSA) is 83.5 Å². The zero-order chi connectivity index (χ0) is 16.1. The molecule has 22 heavy (non-hydrogen) atoms. The van der Waals surface area contributed by atoms with E-state index in [1.807, 2.05) is 0 Å². The number of allylic oxidation sites excluding steroid dienone is 6. The monoisotopic (exact) mass is 305 g/mol. The smallest absolute Gasteiger partial charge is 0.305 e. The number of fused-ring (bicyclic) bond motifs is 1. The first-order valence-corrected chi connectivity index (χ1v) is 6.92. The number of alkyl halides is 1. The summed E-state index contributed by atoms with van der Waals surface area (Å²) in [6.45, 7) is -0.714. The van der Waals surface area contributed by atoms with Crippen LogP contribution in [0.5, 0.6) is 0 Å². The number of carbonyl (C=O) groups excluding carboxylic acids is 2. The number of hydrogen-bond acceptors (Lipinski definition) is 3. The Morgan fingerprint density at radius 1 is 1.36 bits per heavy atom. The van der Waals surface area contributed by atoms with Crippen LogP contribution in [0.4, 0.5) is 4.39 Å². The lowest BCUT2D eigenvalue weighted by Gasteiger charge is -2.24. The molecule has 0 aromatic rings. The van der Waals surface area contributed by atoms with Crippen molar-refractivity contribution in [1.29, 1.82) is 0 Å². The number of carboxylic acid groups (broad SMARTS) is 1. The molecule has 116 valence electrons. The average molecular weight is 305 g/mol. The minimum Gasteiger partial charge on any atom is -0.481 e. The summed E-state index contributed by atoms with van der Waals surface area (Å²) in [5.41, 5.74) is 1.34. The van der Waals surface area contributed by atoms with E-state index in [9.17, 15) is 18.8 Å². The number of nitrogens with one attached hydrogen (secondary N) is 1. The minimum atomic E-state index is -1.10. The van der Waals surface area contributed by atoms with Crippen molar-refractivity contribution >= 4 is 17.7 Å². The molecular formula is C16H16FNO4. The van der Waals surface area contributed by atoms with Gasteiger partial charge >= 0.3 is 5.97 Å². The van der Waals surface area contributed by atoms with Crippen LogP contribution in [0, 0.1) is 5.92 Å². The van der Waals surface area contributed by atoms with Gasteiger partial charge in [0.1, 0.15) is 0 Å². The lowest BCUT2D eigenvalue weighted by atomic mass is 9.84. The number of hydrogen-bond donors (Lipinski definition) is 2. The molecule has 1 amide bonds. The Hall–Kier alpha value is -2.50. The van der Waals surface area contributed by atoms with E-state index in [1.165, 1.54) is 12.2 Å². The molecule has 2 aliphatic carbocycles. The number of amides is 1. The molecule has 2 rings (SSSR count). The maximum Gasteiger partial charge on any atom is 0.305 e. The largest absolute Gasteiger partial charge is 0.481 e. The average Bonchev–Trinajstić information content (AvgIpc) is 2.46. The second kappa shape index (κ2) is 6.98. The molecule has 0 bridgehead atoms. The van der Waals surface area contributed by atoms with E-state index in [1.54, 1.807) is 24.3 Å². The number of aliphatic carboxylic acids is 1. The Bertz CT molecular complexity index is 616. The first kappa shape index (κ1) is 15.9. The Morgan fingerprint density at radius 3 is 2.82 bits per heavy atom. The fraction of sp³-hybridized carbons (Fsp3) is 0.312. The van der Waals surface area contributed by atoms with Crippen molar-refractivity contribution in [3.8, 4) is 0 Å². The predicted octanol–water partition coefficient (Wildman–Crippen LogP) is 1.48. The van der Waals surface area contributed by atoms with Crippen LogP contribution in [0.2, 0.25) is 0 Å². The van der Waals surface area contributed by atoms with Gasteiger partial charge in [0.2, 0.25) is 5.91 Å². The highest BCUT2D eigenvalue weighted by Crippen LogP contribution is 2.29. The Balaban J connectivity index is 2.11. The zero-order valence-corrected chi connectivity index (χ0v) is 11.8. The van der Waals surface area contributed by atoms with Gasteiger partial charge in [-0.3, -0.25) is 18.8 Å². The predicted molar refractivity (Wildman–Crippen MR) is 77.7 cm³/mol. The van der Waals surface area contributed by atoms with Crippen LogP contribution in [0.3, 0.4) is 0 Å². The summed E-state index contributed by atoms with van der Waals surface area (Å²) in [5, 5.41) is 11.3. The Labute approximate surface area is 126 Å². The first-order chi connectivity index (χ1) is 10.5. The molecule has 0 aromatic heterocycles. The molecule has 0 spiro atoms. The lowest BCUT2D eigenvalue weighted by molar-refractivity contribution is -0.137. The van der Waals surface area contributed by atoms with Crippen molar-refractivity contribution in [3.63, 3.8) is 0 Å². The van der Waals surface area contributed by atoms with Gasteiger partial charge in [-0.05, 0) is 29.7 Å². The fourth-order valence-corrected chi connectivity index (χ4v) is 2.44. The highest BCUT2D eigenvalue weighted by Gasteiger charge is 2.28. The first-order valence-electron chi connectivity index (χ1n) is 6.92. The van der Waals surface area contributed by atoms with Crippen LogP contribution in [-0.2, 0) is 14.4 Å². The van der Waals surface area contributed by atoms with Gasteiger partial charge in [0.25, 0.3) is 0 Å². The summed E-state index contributed by atoms with van der Waals surface area (Å²) in [6, 6.07) is -0.770. The third kappa shape index (κ3) is 3.78. The van der Waals surface area contributed by atoms with Gasteiger partial charge in [-0.25, -0.2) is 0 Å². The Kier molecular flexibility index (Phi) is 5.04. The van der Waals surface area contributed by atoms with Gasteiger partial charge in [0, 0.05) is 6.04 Å². The molecule has 0 radical (unpaired) electrons. The molecule has 2 aliphatic rings. The van der Waals surface area contributed by atoms with Crippen LogP contribution >= 0.6 is 0 Å². The normalized spacial score (nSPS) is 20.8. The van der Waals surface area contributed by atoms with Crippen molar-refractivity contribution in [3.05, 3.63) is 47.6 Å². The van der Waals surface area contributed by atoms with Crippen LogP contribution < -0.4 is 5.32 Å². The van der Waals surface area contributed by atoms with E-state index in [0.717, 1.165) is 5.57 Å². The van der Waals surface area contributed by atoms with Gasteiger partial charge in [0.15, 0.2) is 5.78 Å². The van der Waals surface area contributed by atoms with E-state index in [0.29, 0.717) is 5.57 Å². The van der Waals surface area contributed by atoms with Crippen molar-refractivity contribution in [2.45, 2.75) is 18.9 Å². The molecule has 0 saturated carbocycles. The van der Waals surface area contributed by atoms with Gasteiger partial charge in [-0.2, -0.15) is 0 Å².